The van der Waals surface area contributed by atoms with E-state index in [0.717, 1.165) is 12.1 Å². The van der Waals surface area contributed by atoms with Crippen molar-refractivity contribution in [3.8, 4) is 0 Å². The van der Waals surface area contributed by atoms with Crippen LogP contribution in [-0.4, -0.2) is 43.9 Å². The molecule has 0 unspecified atom stereocenters. The van der Waals surface area contributed by atoms with Crippen molar-refractivity contribution >= 4 is 17.5 Å². The van der Waals surface area contributed by atoms with E-state index in [1.54, 1.807) is 19.0 Å². The van der Waals surface area contributed by atoms with Gasteiger partial charge < -0.3 is 10.6 Å². The highest BCUT2D eigenvalue weighted by molar-refractivity contribution is 5.92. The van der Waals surface area contributed by atoms with Crippen molar-refractivity contribution in [3.05, 3.63) is 29.8 Å². The highest BCUT2D eigenvalue weighted by Crippen LogP contribution is 2.09. The molecule has 0 aliphatic heterocycles. The number of hydrogen-bond donors (Lipinski definition) is 2. The predicted octanol–water partition coefficient (Wildman–Crippen LogP) is 0.865. The largest absolute Gasteiger partial charge is 0.358 e. The Balaban J connectivity index is 2.43. The van der Waals surface area contributed by atoms with Gasteiger partial charge in [0, 0.05) is 12.7 Å². The third-order valence-corrected chi connectivity index (χ3v) is 2.75. The molecule has 104 valence electrons. The summed E-state index contributed by atoms with van der Waals surface area (Å²) in [6, 6.07) is 7.75. The van der Waals surface area contributed by atoms with Gasteiger partial charge >= 0.3 is 0 Å². The maximum Gasteiger partial charge on any atom is 0.238 e. The fourth-order valence-electron chi connectivity index (χ4n) is 1.65. The summed E-state index contributed by atoms with van der Waals surface area (Å²) in [5.41, 5.74) is 2.00. The van der Waals surface area contributed by atoms with E-state index in [2.05, 4.69) is 17.6 Å². The van der Waals surface area contributed by atoms with Gasteiger partial charge in [0.2, 0.25) is 11.8 Å². The molecular weight excluding hydrogens is 242 g/mol. The first-order valence-corrected chi connectivity index (χ1v) is 6.33. The molecule has 0 aliphatic carbocycles. The number of rotatable bonds is 6. The van der Waals surface area contributed by atoms with Crippen LogP contribution < -0.4 is 10.6 Å². The van der Waals surface area contributed by atoms with Crippen molar-refractivity contribution in [1.82, 2.24) is 10.2 Å². The number of nitrogens with zero attached hydrogens (tertiary/aromatic N) is 1. The van der Waals surface area contributed by atoms with E-state index in [-0.39, 0.29) is 24.9 Å². The van der Waals surface area contributed by atoms with Crippen LogP contribution >= 0.6 is 0 Å². The molecule has 0 heterocycles. The van der Waals surface area contributed by atoms with Gasteiger partial charge in [-0.3, -0.25) is 14.5 Å². The lowest BCUT2D eigenvalue weighted by atomic mass is 10.1. The molecule has 0 bridgehead atoms. The number of carbonyl (C=O) groups excluding carboxylic acids is 2. The summed E-state index contributed by atoms with van der Waals surface area (Å²) in [6.45, 7) is 2.48. The van der Waals surface area contributed by atoms with Gasteiger partial charge in [-0.15, -0.1) is 0 Å². The second-order valence-corrected chi connectivity index (χ2v) is 4.44. The number of carbonyl (C=O) groups is 2. The zero-order chi connectivity index (χ0) is 14.3. The lowest BCUT2D eigenvalue weighted by Gasteiger charge is -2.15. The van der Waals surface area contributed by atoms with Crippen LogP contribution in [-0.2, 0) is 16.0 Å². The minimum atomic E-state index is -0.129. The molecule has 0 saturated heterocycles. The fourth-order valence-corrected chi connectivity index (χ4v) is 1.65. The molecule has 0 aromatic heterocycles. The predicted molar refractivity (Wildman–Crippen MR) is 76.0 cm³/mol. The first-order valence-electron chi connectivity index (χ1n) is 6.33. The lowest BCUT2D eigenvalue weighted by Crippen LogP contribution is -2.37. The van der Waals surface area contributed by atoms with Crippen LogP contribution in [0.3, 0.4) is 0 Å². The van der Waals surface area contributed by atoms with Crippen molar-refractivity contribution < 1.29 is 9.59 Å². The molecule has 0 aliphatic rings. The Morgan fingerprint density at radius 1 is 1.11 bits per heavy atom. The molecule has 1 rings (SSSR count). The first-order chi connectivity index (χ1) is 9.05. The van der Waals surface area contributed by atoms with Crippen LogP contribution in [0.25, 0.3) is 0 Å². The Morgan fingerprint density at radius 3 is 2.21 bits per heavy atom. The third-order valence-electron chi connectivity index (χ3n) is 2.75. The minimum absolute atomic E-state index is 0.109. The van der Waals surface area contributed by atoms with Gasteiger partial charge in [-0.25, -0.2) is 0 Å². The van der Waals surface area contributed by atoms with Crippen LogP contribution in [0.5, 0.6) is 0 Å². The third kappa shape index (κ3) is 5.52. The monoisotopic (exact) mass is 263 g/mol. The molecule has 1 aromatic carbocycles. The quantitative estimate of drug-likeness (QED) is 0.800. The van der Waals surface area contributed by atoms with E-state index < -0.39 is 0 Å². The first kappa shape index (κ1) is 15.2. The molecule has 5 heteroatoms. The van der Waals surface area contributed by atoms with Crippen LogP contribution in [0.15, 0.2) is 24.3 Å². The molecule has 19 heavy (non-hydrogen) atoms. The van der Waals surface area contributed by atoms with E-state index in [0.29, 0.717) is 0 Å². The Bertz CT molecular complexity index is 429. The zero-order valence-corrected chi connectivity index (χ0v) is 11.7. The summed E-state index contributed by atoms with van der Waals surface area (Å²) >= 11 is 0. The topological polar surface area (TPSA) is 61.4 Å². The summed E-state index contributed by atoms with van der Waals surface area (Å²) in [7, 11) is 3.31. The Kier molecular flexibility index (Phi) is 6.02. The zero-order valence-electron chi connectivity index (χ0n) is 11.7. The van der Waals surface area contributed by atoms with Crippen molar-refractivity contribution in [1.29, 1.82) is 0 Å². The molecule has 0 saturated carbocycles. The standard InChI is InChI=1S/C14H21N3O2/c1-4-11-5-7-12(8-6-11)16-14(19)10-17(3)9-13(18)15-2/h5-8H,4,9-10H2,1-3H3,(H,15,18)(H,16,19). The maximum absolute atomic E-state index is 11.8. The van der Waals surface area contributed by atoms with Crippen LogP contribution in [0.4, 0.5) is 5.69 Å². The van der Waals surface area contributed by atoms with Crippen LogP contribution in [0.1, 0.15) is 12.5 Å². The van der Waals surface area contributed by atoms with Gasteiger partial charge in [0.05, 0.1) is 13.1 Å². The number of nitrogens with one attached hydrogen (secondary N) is 2. The van der Waals surface area contributed by atoms with Crippen molar-refractivity contribution in [2.45, 2.75) is 13.3 Å². The molecule has 2 N–H and O–H groups in total. The van der Waals surface area contributed by atoms with Crippen molar-refractivity contribution in [3.63, 3.8) is 0 Å². The van der Waals surface area contributed by atoms with Crippen LogP contribution in [0, 0.1) is 0 Å². The van der Waals surface area contributed by atoms with E-state index in [1.807, 2.05) is 24.3 Å². The normalized spacial score (nSPS) is 10.3. The maximum atomic E-state index is 11.8. The van der Waals surface area contributed by atoms with E-state index in [9.17, 15) is 9.59 Å². The highest BCUT2D eigenvalue weighted by atomic mass is 16.2. The second-order valence-electron chi connectivity index (χ2n) is 4.44. The summed E-state index contributed by atoms with van der Waals surface area (Å²) in [5.74, 6) is -0.238. The molecule has 0 spiro atoms. The molecule has 0 atom stereocenters. The Morgan fingerprint density at radius 2 is 1.68 bits per heavy atom. The molecule has 0 radical (unpaired) electrons. The Hall–Kier alpha value is -1.88. The van der Waals surface area contributed by atoms with Gasteiger partial charge in [0.15, 0.2) is 0 Å². The average Bonchev–Trinajstić information content (AvgIpc) is 2.39. The number of aryl methyl sites for hydroxylation is 1. The number of anilines is 1. The lowest BCUT2D eigenvalue weighted by molar-refractivity contribution is -0.122. The van der Waals surface area contributed by atoms with Gasteiger partial charge in [0.25, 0.3) is 0 Å². The summed E-state index contributed by atoms with van der Waals surface area (Å²) < 4.78 is 0. The van der Waals surface area contributed by atoms with Crippen LogP contribution in [0.2, 0.25) is 0 Å². The van der Waals surface area contributed by atoms with Crippen molar-refractivity contribution in [2.75, 3.05) is 32.5 Å². The molecule has 0 fully saturated rings. The molecular formula is C14H21N3O2. The molecule has 2 amide bonds. The average molecular weight is 263 g/mol. The fraction of sp³-hybridized carbons (Fsp3) is 0.429. The molecule has 1 aromatic rings. The van der Waals surface area contributed by atoms with Gasteiger partial charge in [-0.05, 0) is 31.2 Å². The van der Waals surface area contributed by atoms with Gasteiger partial charge in [0.1, 0.15) is 0 Å². The number of likely N-dealkylation sites (N-methyl/N-ethyl adjacent to an activating group) is 2. The van der Waals surface area contributed by atoms with E-state index in [4.69, 9.17) is 0 Å². The SMILES string of the molecule is CCc1ccc(NC(=O)CN(C)CC(=O)NC)cc1. The number of benzene rings is 1. The van der Waals surface area contributed by atoms with E-state index >= 15 is 0 Å². The summed E-state index contributed by atoms with van der Waals surface area (Å²) in [6.07, 6.45) is 0.975. The summed E-state index contributed by atoms with van der Waals surface area (Å²) in [5, 5.41) is 5.32. The number of hydrogen-bond acceptors (Lipinski definition) is 3. The minimum Gasteiger partial charge on any atom is -0.358 e. The molecule has 5 nitrogen and oxygen atoms in total. The smallest absolute Gasteiger partial charge is 0.238 e. The van der Waals surface area contributed by atoms with Crippen molar-refractivity contribution in [2.24, 2.45) is 0 Å². The van der Waals surface area contributed by atoms with Gasteiger partial charge in [-0.1, -0.05) is 19.1 Å². The highest BCUT2D eigenvalue weighted by Gasteiger charge is 2.09. The van der Waals surface area contributed by atoms with E-state index in [1.165, 1.54) is 5.56 Å². The van der Waals surface area contributed by atoms with Gasteiger partial charge in [-0.2, -0.15) is 0 Å². The number of amides is 2. The summed E-state index contributed by atoms with van der Waals surface area (Å²) in [4.78, 5) is 24.6. The Labute approximate surface area is 114 Å². The second kappa shape index (κ2) is 7.53.